The number of carbonyl (C=O) groups excluding carboxylic acids is 1. The number of aromatic nitrogens is 3. The summed E-state index contributed by atoms with van der Waals surface area (Å²) in [4.78, 5) is 21.2. The summed E-state index contributed by atoms with van der Waals surface area (Å²) in [6, 6.07) is 13.9. The van der Waals surface area contributed by atoms with E-state index in [9.17, 15) is 4.79 Å². The van der Waals surface area contributed by atoms with Crippen LogP contribution >= 0.6 is 11.3 Å². The summed E-state index contributed by atoms with van der Waals surface area (Å²) >= 11 is 1.57. The fraction of sp³-hybridized carbons (Fsp3) is 0.316. The summed E-state index contributed by atoms with van der Waals surface area (Å²) in [5, 5.41) is 7.44. The van der Waals surface area contributed by atoms with Crippen LogP contribution in [0, 0.1) is 6.92 Å². The Morgan fingerprint density at radius 3 is 2.60 bits per heavy atom. The topological polar surface area (TPSA) is 61.9 Å². The average Bonchev–Trinajstić information content (AvgIpc) is 3.31. The highest BCUT2D eigenvalue weighted by Crippen LogP contribution is 2.28. The Morgan fingerprint density at radius 1 is 1.16 bits per heavy atom. The molecule has 6 heteroatoms. The van der Waals surface area contributed by atoms with Crippen molar-refractivity contribution in [1.29, 1.82) is 0 Å². The van der Waals surface area contributed by atoms with Crippen molar-refractivity contribution in [2.45, 2.75) is 25.7 Å². The minimum Gasteiger partial charge on any atom is -0.338 e. The highest BCUT2D eigenvalue weighted by atomic mass is 32.1. The zero-order chi connectivity index (χ0) is 17.2. The number of nitrogens with zero attached hydrogens (tertiary/aromatic N) is 3. The van der Waals surface area contributed by atoms with Crippen LogP contribution < -0.4 is 0 Å². The lowest BCUT2D eigenvalue weighted by atomic mass is 9.96. The zero-order valence-corrected chi connectivity index (χ0v) is 14.9. The Morgan fingerprint density at radius 2 is 1.92 bits per heavy atom. The number of hydrogen-bond donors (Lipinski definition) is 1. The molecule has 1 amide bonds. The van der Waals surface area contributed by atoms with E-state index in [0.29, 0.717) is 5.92 Å². The van der Waals surface area contributed by atoms with Crippen LogP contribution in [0.2, 0.25) is 0 Å². The van der Waals surface area contributed by atoms with Crippen LogP contribution in [-0.2, 0) is 0 Å². The third kappa shape index (κ3) is 3.35. The van der Waals surface area contributed by atoms with E-state index in [0.717, 1.165) is 48.0 Å². The number of aryl methyl sites for hydroxylation is 1. The molecule has 0 saturated carbocycles. The van der Waals surface area contributed by atoms with Crippen LogP contribution in [0.1, 0.15) is 39.1 Å². The lowest BCUT2D eigenvalue weighted by Crippen LogP contribution is -2.37. The van der Waals surface area contributed by atoms with Crippen LogP contribution in [-0.4, -0.2) is 39.1 Å². The number of amides is 1. The van der Waals surface area contributed by atoms with Gasteiger partial charge in [-0.3, -0.25) is 9.89 Å². The predicted octanol–water partition coefficient (Wildman–Crippen LogP) is 3.86. The standard InChI is InChI=1S/C19H20N4OS/c1-13-7-8-16(25-13)19(24)23-11-9-15(10-12-23)18-20-17(21-22-18)14-5-3-2-4-6-14/h2-8,15H,9-12H2,1H3,(H,20,21,22). The summed E-state index contributed by atoms with van der Waals surface area (Å²) < 4.78 is 0. The van der Waals surface area contributed by atoms with Crippen molar-refractivity contribution in [3.05, 3.63) is 58.0 Å². The van der Waals surface area contributed by atoms with E-state index >= 15 is 0 Å². The Hall–Kier alpha value is -2.47. The number of benzene rings is 1. The van der Waals surface area contributed by atoms with Crippen molar-refractivity contribution in [2.24, 2.45) is 0 Å². The van der Waals surface area contributed by atoms with Gasteiger partial charge in [0.25, 0.3) is 5.91 Å². The Kier molecular flexibility index (Phi) is 4.36. The summed E-state index contributed by atoms with van der Waals surface area (Å²) in [6.07, 6.45) is 1.83. The second-order valence-corrected chi connectivity index (χ2v) is 7.67. The van der Waals surface area contributed by atoms with Gasteiger partial charge in [-0.25, -0.2) is 4.98 Å². The molecule has 1 N–H and O–H groups in total. The van der Waals surface area contributed by atoms with Crippen LogP contribution in [0.15, 0.2) is 42.5 Å². The first-order valence-corrected chi connectivity index (χ1v) is 9.36. The Bertz CT molecular complexity index is 862. The molecular formula is C19H20N4OS. The molecule has 2 aromatic heterocycles. The van der Waals surface area contributed by atoms with Gasteiger partial charge in [-0.05, 0) is 31.9 Å². The van der Waals surface area contributed by atoms with Gasteiger partial charge in [0.1, 0.15) is 5.82 Å². The molecule has 1 aliphatic rings. The first-order chi connectivity index (χ1) is 12.2. The van der Waals surface area contributed by atoms with Crippen molar-refractivity contribution in [3.63, 3.8) is 0 Å². The van der Waals surface area contributed by atoms with Crippen molar-refractivity contribution >= 4 is 17.2 Å². The molecule has 1 aliphatic heterocycles. The first-order valence-electron chi connectivity index (χ1n) is 8.54. The van der Waals surface area contributed by atoms with E-state index in [2.05, 4.69) is 15.2 Å². The van der Waals surface area contributed by atoms with Gasteiger partial charge in [-0.2, -0.15) is 5.10 Å². The van der Waals surface area contributed by atoms with E-state index in [1.807, 2.05) is 54.3 Å². The largest absolute Gasteiger partial charge is 0.338 e. The first kappa shape index (κ1) is 16.0. The van der Waals surface area contributed by atoms with Gasteiger partial charge in [-0.15, -0.1) is 11.3 Å². The molecule has 0 atom stereocenters. The quantitative estimate of drug-likeness (QED) is 0.778. The lowest BCUT2D eigenvalue weighted by molar-refractivity contribution is 0.0716. The molecule has 25 heavy (non-hydrogen) atoms. The number of H-pyrrole nitrogens is 1. The minimum absolute atomic E-state index is 0.152. The molecule has 0 spiro atoms. The molecule has 3 aromatic rings. The van der Waals surface area contributed by atoms with Gasteiger partial charge in [0.2, 0.25) is 0 Å². The smallest absolute Gasteiger partial charge is 0.263 e. The number of likely N-dealkylation sites (tertiary alicyclic amines) is 1. The number of aromatic amines is 1. The van der Waals surface area contributed by atoms with Crippen molar-refractivity contribution in [3.8, 4) is 11.4 Å². The van der Waals surface area contributed by atoms with Crippen LogP contribution in [0.3, 0.4) is 0 Å². The predicted molar refractivity (Wildman–Crippen MR) is 98.8 cm³/mol. The fourth-order valence-electron chi connectivity index (χ4n) is 3.23. The lowest BCUT2D eigenvalue weighted by Gasteiger charge is -2.30. The van der Waals surface area contributed by atoms with Gasteiger partial charge in [0.05, 0.1) is 4.88 Å². The zero-order valence-electron chi connectivity index (χ0n) is 14.1. The van der Waals surface area contributed by atoms with E-state index in [1.165, 1.54) is 4.88 Å². The Labute approximate surface area is 150 Å². The van der Waals surface area contributed by atoms with Crippen LogP contribution in [0.25, 0.3) is 11.4 Å². The molecule has 128 valence electrons. The monoisotopic (exact) mass is 352 g/mol. The molecule has 5 nitrogen and oxygen atoms in total. The molecule has 0 radical (unpaired) electrons. The van der Waals surface area contributed by atoms with Crippen LogP contribution in [0.5, 0.6) is 0 Å². The summed E-state index contributed by atoms with van der Waals surface area (Å²) in [5.41, 5.74) is 1.02. The fourth-order valence-corrected chi connectivity index (χ4v) is 4.07. The van der Waals surface area contributed by atoms with E-state index in [1.54, 1.807) is 11.3 Å². The second kappa shape index (κ2) is 6.80. The number of carbonyl (C=O) groups is 1. The maximum atomic E-state index is 12.5. The number of hydrogen-bond acceptors (Lipinski definition) is 4. The molecule has 1 fully saturated rings. The van der Waals surface area contributed by atoms with Gasteiger partial charge >= 0.3 is 0 Å². The molecule has 1 saturated heterocycles. The second-order valence-electron chi connectivity index (χ2n) is 6.39. The van der Waals surface area contributed by atoms with E-state index in [4.69, 9.17) is 0 Å². The number of piperidine rings is 1. The molecule has 0 bridgehead atoms. The summed E-state index contributed by atoms with van der Waals surface area (Å²) in [7, 11) is 0. The highest BCUT2D eigenvalue weighted by Gasteiger charge is 2.27. The summed E-state index contributed by atoms with van der Waals surface area (Å²) in [5.74, 6) is 2.15. The third-order valence-electron chi connectivity index (χ3n) is 4.65. The normalized spacial score (nSPS) is 15.5. The van der Waals surface area contributed by atoms with E-state index < -0.39 is 0 Å². The SMILES string of the molecule is Cc1ccc(C(=O)N2CCC(c3nc(-c4ccccc4)n[nH]3)CC2)s1. The third-order valence-corrected chi connectivity index (χ3v) is 5.64. The summed E-state index contributed by atoms with van der Waals surface area (Å²) in [6.45, 7) is 3.56. The van der Waals surface area contributed by atoms with Crippen molar-refractivity contribution in [2.75, 3.05) is 13.1 Å². The molecule has 0 aliphatic carbocycles. The number of thiophene rings is 1. The van der Waals surface area contributed by atoms with Gasteiger partial charge in [-0.1, -0.05) is 30.3 Å². The molecule has 1 aromatic carbocycles. The van der Waals surface area contributed by atoms with Gasteiger partial charge in [0, 0.05) is 29.4 Å². The van der Waals surface area contributed by atoms with Crippen LogP contribution in [0.4, 0.5) is 0 Å². The number of rotatable bonds is 3. The van der Waals surface area contributed by atoms with E-state index in [-0.39, 0.29) is 5.91 Å². The van der Waals surface area contributed by atoms with Gasteiger partial charge < -0.3 is 4.90 Å². The minimum atomic E-state index is 0.152. The maximum Gasteiger partial charge on any atom is 0.263 e. The molecule has 3 heterocycles. The maximum absolute atomic E-state index is 12.5. The highest BCUT2D eigenvalue weighted by molar-refractivity contribution is 7.13. The van der Waals surface area contributed by atoms with Crippen molar-refractivity contribution in [1.82, 2.24) is 20.1 Å². The molecule has 0 unspecified atom stereocenters. The number of nitrogens with one attached hydrogen (secondary N) is 1. The Balaban J connectivity index is 1.41. The molecular weight excluding hydrogens is 332 g/mol. The van der Waals surface area contributed by atoms with Gasteiger partial charge in [0.15, 0.2) is 5.82 Å². The molecule has 4 rings (SSSR count). The average molecular weight is 352 g/mol. The van der Waals surface area contributed by atoms with Crippen molar-refractivity contribution < 1.29 is 4.79 Å².